The molecular weight excluding hydrogens is 480 g/mol. The van der Waals surface area contributed by atoms with Gasteiger partial charge in [0.15, 0.2) is 5.96 Å². The molecule has 1 aliphatic rings. The molecule has 1 heterocycles. The van der Waals surface area contributed by atoms with Crippen LogP contribution in [0.3, 0.4) is 0 Å². The third-order valence-corrected chi connectivity index (χ3v) is 3.69. The number of halogens is 4. The predicted molar refractivity (Wildman–Crippen MR) is 108 cm³/mol. The van der Waals surface area contributed by atoms with Crippen molar-refractivity contribution >= 4 is 36.0 Å². The molecule has 0 spiro atoms. The number of carbonyl (C=O) groups excluding carboxylic acids is 1. The molecule has 1 rings (SSSR count). The molecule has 0 aromatic carbocycles. The second-order valence-corrected chi connectivity index (χ2v) is 5.89. The maximum Gasteiger partial charge on any atom is 0.411 e. The SMILES string of the molecule is CCNC(=NCCCOCC(F)(F)F)NC1CCN(C(=O)OCC)CC1.I. The smallest absolute Gasteiger partial charge is 0.411 e. The maximum absolute atomic E-state index is 12.0. The van der Waals surface area contributed by atoms with E-state index in [0.717, 1.165) is 12.8 Å². The first-order valence-corrected chi connectivity index (χ1v) is 8.96. The van der Waals surface area contributed by atoms with E-state index in [1.165, 1.54) is 0 Å². The molecule has 0 radical (unpaired) electrons. The summed E-state index contributed by atoms with van der Waals surface area (Å²) in [5.41, 5.74) is 0. The van der Waals surface area contributed by atoms with Crippen LogP contribution in [0.25, 0.3) is 0 Å². The highest BCUT2D eigenvalue weighted by Crippen LogP contribution is 2.14. The zero-order valence-electron chi connectivity index (χ0n) is 15.8. The minimum absolute atomic E-state index is 0. The molecule has 0 aromatic heterocycles. The number of alkyl halides is 3. The summed E-state index contributed by atoms with van der Waals surface area (Å²) in [6.07, 6.45) is -2.62. The van der Waals surface area contributed by atoms with Crippen molar-refractivity contribution in [3.63, 3.8) is 0 Å². The molecule has 1 amide bonds. The van der Waals surface area contributed by atoms with Gasteiger partial charge >= 0.3 is 12.3 Å². The van der Waals surface area contributed by atoms with Crippen molar-refractivity contribution in [1.29, 1.82) is 0 Å². The summed E-state index contributed by atoms with van der Waals surface area (Å²) in [6.45, 7) is 5.14. The molecule has 0 aromatic rings. The quantitative estimate of drug-likeness (QED) is 0.228. The van der Waals surface area contributed by atoms with Crippen molar-refractivity contribution in [1.82, 2.24) is 15.5 Å². The zero-order chi connectivity index (χ0) is 19.4. The van der Waals surface area contributed by atoms with Crippen LogP contribution in [-0.4, -0.2) is 75.2 Å². The van der Waals surface area contributed by atoms with E-state index in [9.17, 15) is 18.0 Å². The van der Waals surface area contributed by atoms with Gasteiger partial charge in [0.1, 0.15) is 6.61 Å². The van der Waals surface area contributed by atoms with Crippen LogP contribution in [0.1, 0.15) is 33.1 Å². The average Bonchev–Trinajstić information content (AvgIpc) is 2.58. The Kier molecular flexibility index (Phi) is 13.6. The Morgan fingerprint density at radius 2 is 1.93 bits per heavy atom. The summed E-state index contributed by atoms with van der Waals surface area (Å²) in [5, 5.41) is 6.41. The molecule has 7 nitrogen and oxygen atoms in total. The molecule has 2 N–H and O–H groups in total. The molecule has 1 aliphatic heterocycles. The lowest BCUT2D eigenvalue weighted by atomic mass is 10.1. The zero-order valence-corrected chi connectivity index (χ0v) is 18.1. The van der Waals surface area contributed by atoms with Crippen molar-refractivity contribution in [2.24, 2.45) is 4.99 Å². The van der Waals surface area contributed by atoms with Gasteiger partial charge in [-0.2, -0.15) is 13.2 Å². The highest BCUT2D eigenvalue weighted by molar-refractivity contribution is 14.0. The normalized spacial score (nSPS) is 15.9. The van der Waals surface area contributed by atoms with Gasteiger partial charge in [-0.3, -0.25) is 4.99 Å². The van der Waals surface area contributed by atoms with Crippen LogP contribution < -0.4 is 10.6 Å². The number of likely N-dealkylation sites (tertiary alicyclic amines) is 1. The van der Waals surface area contributed by atoms with Gasteiger partial charge in [0, 0.05) is 38.8 Å². The number of hydrogen-bond acceptors (Lipinski definition) is 4. The van der Waals surface area contributed by atoms with Crippen LogP contribution in [0, 0.1) is 0 Å². The summed E-state index contributed by atoms with van der Waals surface area (Å²) in [4.78, 5) is 17.7. The van der Waals surface area contributed by atoms with Crippen molar-refractivity contribution in [3.05, 3.63) is 0 Å². The van der Waals surface area contributed by atoms with Crippen LogP contribution in [0.15, 0.2) is 4.99 Å². The molecule has 11 heteroatoms. The Morgan fingerprint density at radius 3 is 2.48 bits per heavy atom. The van der Waals surface area contributed by atoms with Gasteiger partial charge < -0.3 is 25.0 Å². The molecule has 0 saturated carbocycles. The summed E-state index contributed by atoms with van der Waals surface area (Å²) in [6, 6.07) is 0.181. The third-order valence-electron chi connectivity index (χ3n) is 3.69. The average molecular weight is 510 g/mol. The van der Waals surface area contributed by atoms with E-state index in [2.05, 4.69) is 20.4 Å². The van der Waals surface area contributed by atoms with E-state index in [4.69, 9.17) is 4.74 Å². The van der Waals surface area contributed by atoms with Crippen molar-refractivity contribution in [2.75, 3.05) is 46.0 Å². The first-order valence-electron chi connectivity index (χ1n) is 8.96. The summed E-state index contributed by atoms with van der Waals surface area (Å²) < 4.78 is 45.5. The second kappa shape index (κ2) is 14.1. The summed E-state index contributed by atoms with van der Waals surface area (Å²) >= 11 is 0. The Balaban J connectivity index is 0.00000676. The van der Waals surface area contributed by atoms with Crippen molar-refractivity contribution in [3.8, 4) is 0 Å². The number of ether oxygens (including phenoxy) is 2. The molecule has 0 bridgehead atoms. The number of aliphatic imine (C=N–C) groups is 1. The van der Waals surface area contributed by atoms with Gasteiger partial charge in [-0.1, -0.05) is 0 Å². The summed E-state index contributed by atoms with van der Waals surface area (Å²) in [5.74, 6) is 0.623. The van der Waals surface area contributed by atoms with Crippen molar-refractivity contribution < 1.29 is 27.4 Å². The number of nitrogens with one attached hydrogen (secondary N) is 2. The monoisotopic (exact) mass is 510 g/mol. The Bertz CT molecular complexity index is 445. The Morgan fingerprint density at radius 1 is 1.26 bits per heavy atom. The lowest BCUT2D eigenvalue weighted by Gasteiger charge is -2.32. The van der Waals surface area contributed by atoms with E-state index in [1.54, 1.807) is 11.8 Å². The number of hydrogen-bond donors (Lipinski definition) is 2. The van der Waals surface area contributed by atoms with Crippen molar-refractivity contribution in [2.45, 2.75) is 45.3 Å². The highest BCUT2D eigenvalue weighted by atomic mass is 127. The fraction of sp³-hybridized carbons (Fsp3) is 0.875. The molecule has 160 valence electrons. The minimum atomic E-state index is -4.29. The largest absolute Gasteiger partial charge is 0.450 e. The lowest BCUT2D eigenvalue weighted by Crippen LogP contribution is -2.49. The van der Waals surface area contributed by atoms with Crippen LogP contribution in [0.4, 0.5) is 18.0 Å². The highest BCUT2D eigenvalue weighted by Gasteiger charge is 2.27. The molecule has 0 unspecified atom stereocenters. The first-order chi connectivity index (χ1) is 12.4. The lowest BCUT2D eigenvalue weighted by molar-refractivity contribution is -0.173. The number of piperidine rings is 1. The van der Waals surface area contributed by atoms with Gasteiger partial charge in [0.2, 0.25) is 0 Å². The number of guanidine groups is 1. The Labute approximate surface area is 175 Å². The standard InChI is InChI=1S/C16H29F3N4O3.HI/c1-3-20-14(21-8-5-11-25-12-16(17,18)19)22-13-6-9-23(10-7-13)15(24)26-4-2;/h13H,3-12H2,1-2H3,(H2,20,21,22);1H. The molecule has 1 saturated heterocycles. The molecular formula is C16H30F3IN4O3. The van der Waals surface area contributed by atoms with Crippen LogP contribution in [0.5, 0.6) is 0 Å². The molecule has 0 atom stereocenters. The van der Waals surface area contributed by atoms with Gasteiger partial charge in [-0.25, -0.2) is 4.79 Å². The first kappa shape index (κ1) is 26.0. The molecule has 1 fully saturated rings. The van der Waals surface area contributed by atoms with Crippen LogP contribution >= 0.6 is 24.0 Å². The van der Waals surface area contributed by atoms with Gasteiger partial charge in [0.25, 0.3) is 0 Å². The predicted octanol–water partition coefficient (Wildman–Crippen LogP) is 2.75. The van der Waals surface area contributed by atoms with Crippen LogP contribution in [-0.2, 0) is 9.47 Å². The Hall–Kier alpha value is -0.980. The molecule has 0 aliphatic carbocycles. The van der Waals surface area contributed by atoms with Gasteiger partial charge in [0.05, 0.1) is 6.61 Å². The van der Waals surface area contributed by atoms with E-state index >= 15 is 0 Å². The number of carbonyl (C=O) groups is 1. The number of rotatable bonds is 8. The van der Waals surface area contributed by atoms with E-state index < -0.39 is 12.8 Å². The fourth-order valence-electron chi connectivity index (χ4n) is 2.48. The third kappa shape index (κ3) is 12.2. The molecule has 27 heavy (non-hydrogen) atoms. The summed E-state index contributed by atoms with van der Waals surface area (Å²) in [7, 11) is 0. The van der Waals surface area contributed by atoms with Crippen LogP contribution in [0.2, 0.25) is 0 Å². The van der Waals surface area contributed by atoms with E-state index in [0.29, 0.717) is 45.2 Å². The van der Waals surface area contributed by atoms with E-state index in [-0.39, 0.29) is 42.7 Å². The van der Waals surface area contributed by atoms with Gasteiger partial charge in [-0.15, -0.1) is 24.0 Å². The fourth-order valence-corrected chi connectivity index (χ4v) is 2.48. The topological polar surface area (TPSA) is 75.2 Å². The van der Waals surface area contributed by atoms with E-state index in [1.807, 2.05) is 6.92 Å². The maximum atomic E-state index is 12.0. The van der Waals surface area contributed by atoms with Gasteiger partial charge in [-0.05, 0) is 33.1 Å². The number of amides is 1. The minimum Gasteiger partial charge on any atom is -0.450 e. The second-order valence-electron chi connectivity index (χ2n) is 5.89. The number of nitrogens with zero attached hydrogens (tertiary/aromatic N) is 2.